The van der Waals surface area contributed by atoms with Gasteiger partial charge in [0, 0.05) is 23.7 Å². The predicted molar refractivity (Wildman–Crippen MR) is 70.6 cm³/mol. The molecule has 0 aliphatic rings. The fourth-order valence-corrected chi connectivity index (χ4v) is 2.04. The van der Waals surface area contributed by atoms with Crippen LogP contribution in [0.2, 0.25) is 0 Å². The standard InChI is InChI=1S/C13H20N2O3/c1-4-5-9(2)13(14)11-8-10(15(16)17)6-7-12(11)18-3/h6-9,13H,4-5,14H2,1-3H3. The summed E-state index contributed by atoms with van der Waals surface area (Å²) in [5.41, 5.74) is 6.92. The summed E-state index contributed by atoms with van der Waals surface area (Å²) in [6.07, 6.45) is 2.01. The zero-order chi connectivity index (χ0) is 13.7. The number of nitrogens with zero attached hydrogens (tertiary/aromatic N) is 1. The minimum absolute atomic E-state index is 0.0462. The molecule has 1 aromatic carbocycles. The number of hydrogen-bond acceptors (Lipinski definition) is 4. The van der Waals surface area contributed by atoms with Crippen molar-refractivity contribution in [2.75, 3.05) is 7.11 Å². The van der Waals surface area contributed by atoms with Gasteiger partial charge in [-0.15, -0.1) is 0 Å². The number of benzene rings is 1. The number of ether oxygens (including phenoxy) is 1. The van der Waals surface area contributed by atoms with Gasteiger partial charge in [0.15, 0.2) is 0 Å². The van der Waals surface area contributed by atoms with Crippen LogP contribution in [0.4, 0.5) is 5.69 Å². The highest BCUT2D eigenvalue weighted by molar-refractivity contribution is 5.45. The molecule has 1 rings (SSSR count). The van der Waals surface area contributed by atoms with E-state index in [0.29, 0.717) is 11.3 Å². The van der Waals surface area contributed by atoms with E-state index in [1.54, 1.807) is 13.2 Å². The van der Waals surface area contributed by atoms with Crippen LogP contribution in [0.15, 0.2) is 18.2 Å². The van der Waals surface area contributed by atoms with Crippen LogP contribution in [0.25, 0.3) is 0 Å². The van der Waals surface area contributed by atoms with Crippen LogP contribution in [0.1, 0.15) is 38.3 Å². The number of nitro benzene ring substituents is 1. The number of methoxy groups -OCH3 is 1. The van der Waals surface area contributed by atoms with E-state index in [0.717, 1.165) is 12.8 Å². The summed E-state index contributed by atoms with van der Waals surface area (Å²) in [5.74, 6) is 0.863. The van der Waals surface area contributed by atoms with Gasteiger partial charge in [-0.2, -0.15) is 0 Å². The molecule has 5 heteroatoms. The molecule has 2 N–H and O–H groups in total. The fraction of sp³-hybridized carbons (Fsp3) is 0.538. The van der Waals surface area contributed by atoms with E-state index in [4.69, 9.17) is 10.5 Å². The second-order valence-corrected chi connectivity index (χ2v) is 4.48. The highest BCUT2D eigenvalue weighted by Gasteiger charge is 2.21. The number of hydrogen-bond donors (Lipinski definition) is 1. The molecule has 2 unspecified atom stereocenters. The predicted octanol–water partition coefficient (Wildman–Crippen LogP) is 3.04. The first kappa shape index (κ1) is 14.4. The van der Waals surface area contributed by atoms with Gasteiger partial charge in [0.2, 0.25) is 0 Å². The monoisotopic (exact) mass is 252 g/mol. The molecule has 0 spiro atoms. The molecule has 100 valence electrons. The van der Waals surface area contributed by atoms with E-state index in [2.05, 4.69) is 6.92 Å². The molecule has 18 heavy (non-hydrogen) atoms. The third-order valence-corrected chi connectivity index (χ3v) is 3.14. The first-order chi connectivity index (χ1) is 8.51. The van der Waals surface area contributed by atoms with Crippen LogP contribution in [0.3, 0.4) is 0 Å². The molecule has 0 aromatic heterocycles. The molecular weight excluding hydrogens is 232 g/mol. The van der Waals surface area contributed by atoms with Crippen molar-refractivity contribution in [3.05, 3.63) is 33.9 Å². The van der Waals surface area contributed by atoms with Crippen LogP contribution < -0.4 is 10.5 Å². The average molecular weight is 252 g/mol. The van der Waals surface area contributed by atoms with Gasteiger partial charge in [-0.05, 0) is 18.4 Å². The van der Waals surface area contributed by atoms with Gasteiger partial charge in [0.25, 0.3) is 5.69 Å². The second kappa shape index (κ2) is 6.35. The highest BCUT2D eigenvalue weighted by Crippen LogP contribution is 2.33. The fourth-order valence-electron chi connectivity index (χ4n) is 2.04. The van der Waals surface area contributed by atoms with Gasteiger partial charge in [-0.3, -0.25) is 10.1 Å². The molecule has 0 saturated carbocycles. The topological polar surface area (TPSA) is 78.4 Å². The Morgan fingerprint density at radius 2 is 2.17 bits per heavy atom. The summed E-state index contributed by atoms with van der Waals surface area (Å²) in [4.78, 5) is 10.4. The maximum atomic E-state index is 10.8. The van der Waals surface area contributed by atoms with Crippen molar-refractivity contribution in [2.45, 2.75) is 32.7 Å². The van der Waals surface area contributed by atoms with Gasteiger partial charge < -0.3 is 10.5 Å². The molecule has 0 amide bonds. The largest absolute Gasteiger partial charge is 0.496 e. The van der Waals surface area contributed by atoms with Gasteiger partial charge >= 0.3 is 0 Å². The maximum Gasteiger partial charge on any atom is 0.270 e. The molecule has 1 aromatic rings. The Morgan fingerprint density at radius 1 is 1.50 bits per heavy atom. The summed E-state index contributed by atoms with van der Waals surface area (Å²) in [7, 11) is 1.54. The summed E-state index contributed by atoms with van der Waals surface area (Å²) in [6.45, 7) is 4.14. The molecule has 0 aliphatic carbocycles. The van der Waals surface area contributed by atoms with Crippen LogP contribution in [0, 0.1) is 16.0 Å². The molecule has 0 saturated heterocycles. The van der Waals surface area contributed by atoms with Crippen molar-refractivity contribution in [3.8, 4) is 5.75 Å². The highest BCUT2D eigenvalue weighted by atomic mass is 16.6. The Kier molecular flexibility index (Phi) is 5.09. The van der Waals surface area contributed by atoms with Gasteiger partial charge in [-0.1, -0.05) is 20.3 Å². The Balaban J connectivity index is 3.10. The molecule has 0 aliphatic heterocycles. The normalized spacial score (nSPS) is 14.0. The average Bonchev–Trinajstić information content (AvgIpc) is 2.37. The first-order valence-electron chi connectivity index (χ1n) is 6.09. The quantitative estimate of drug-likeness (QED) is 0.623. The lowest BCUT2D eigenvalue weighted by atomic mass is 9.91. The Labute approximate surface area is 107 Å². The smallest absolute Gasteiger partial charge is 0.270 e. The van der Waals surface area contributed by atoms with Gasteiger partial charge in [0.05, 0.1) is 12.0 Å². The van der Waals surface area contributed by atoms with Crippen molar-refractivity contribution in [1.29, 1.82) is 0 Å². The molecule has 0 radical (unpaired) electrons. The second-order valence-electron chi connectivity index (χ2n) is 4.48. The minimum Gasteiger partial charge on any atom is -0.496 e. The molecule has 5 nitrogen and oxygen atoms in total. The van der Waals surface area contributed by atoms with E-state index in [-0.39, 0.29) is 17.6 Å². The summed E-state index contributed by atoms with van der Waals surface area (Å²) in [6, 6.07) is 4.29. The Bertz CT molecular complexity index is 421. The maximum absolute atomic E-state index is 10.8. The van der Waals surface area contributed by atoms with Gasteiger partial charge in [-0.25, -0.2) is 0 Å². The molecule has 0 bridgehead atoms. The first-order valence-corrected chi connectivity index (χ1v) is 6.09. The van der Waals surface area contributed by atoms with E-state index < -0.39 is 4.92 Å². The summed E-state index contributed by atoms with van der Waals surface area (Å²) < 4.78 is 5.23. The van der Waals surface area contributed by atoms with E-state index in [1.165, 1.54) is 12.1 Å². The van der Waals surface area contributed by atoms with Crippen molar-refractivity contribution in [1.82, 2.24) is 0 Å². The van der Waals surface area contributed by atoms with Crippen molar-refractivity contribution in [3.63, 3.8) is 0 Å². The van der Waals surface area contributed by atoms with Crippen molar-refractivity contribution >= 4 is 5.69 Å². The van der Waals surface area contributed by atoms with Crippen molar-refractivity contribution < 1.29 is 9.66 Å². The summed E-state index contributed by atoms with van der Waals surface area (Å²) in [5, 5.41) is 10.8. The molecular formula is C13H20N2O3. The lowest BCUT2D eigenvalue weighted by Gasteiger charge is -2.21. The Hall–Kier alpha value is -1.62. The SMILES string of the molecule is CCCC(C)C(N)c1cc([N+](=O)[O-])ccc1OC. The zero-order valence-corrected chi connectivity index (χ0v) is 11.1. The van der Waals surface area contributed by atoms with E-state index >= 15 is 0 Å². The minimum atomic E-state index is -0.417. The molecule has 0 heterocycles. The number of rotatable bonds is 6. The van der Waals surface area contributed by atoms with Gasteiger partial charge in [0.1, 0.15) is 5.75 Å². The molecule has 0 fully saturated rings. The number of nitro groups is 1. The zero-order valence-electron chi connectivity index (χ0n) is 11.1. The van der Waals surface area contributed by atoms with E-state index in [9.17, 15) is 10.1 Å². The van der Waals surface area contributed by atoms with Crippen molar-refractivity contribution in [2.24, 2.45) is 11.7 Å². The van der Waals surface area contributed by atoms with Crippen LogP contribution in [0.5, 0.6) is 5.75 Å². The number of non-ortho nitro benzene ring substituents is 1. The van der Waals surface area contributed by atoms with Crippen LogP contribution in [-0.2, 0) is 0 Å². The summed E-state index contributed by atoms with van der Waals surface area (Å²) >= 11 is 0. The number of nitrogens with two attached hydrogens (primary N) is 1. The van der Waals surface area contributed by atoms with E-state index in [1.807, 2.05) is 6.92 Å². The third-order valence-electron chi connectivity index (χ3n) is 3.14. The lowest BCUT2D eigenvalue weighted by molar-refractivity contribution is -0.385. The Morgan fingerprint density at radius 3 is 2.67 bits per heavy atom. The lowest BCUT2D eigenvalue weighted by Crippen LogP contribution is -2.20. The van der Waals surface area contributed by atoms with Crippen LogP contribution >= 0.6 is 0 Å². The van der Waals surface area contributed by atoms with Crippen LogP contribution in [-0.4, -0.2) is 12.0 Å². The molecule has 2 atom stereocenters. The third kappa shape index (κ3) is 3.20.